The Morgan fingerprint density at radius 2 is 1.88 bits per heavy atom. The standard InChI is InChI=1S/C23H19BrN2/c24-19-11-12-23-21(16-19)20-15-18(22-8-4-6-14-25-22)10-9-17(20)7-3-1-2-5-13-26-23/h1-2,4-6,8-16,26H,3,7H2/b2-1-,13-5-. The number of hydrogen-bond donors (Lipinski definition) is 1. The molecule has 0 unspecified atom stereocenters. The minimum Gasteiger partial charge on any atom is -0.361 e. The summed E-state index contributed by atoms with van der Waals surface area (Å²) < 4.78 is 1.07. The zero-order chi connectivity index (χ0) is 17.8. The van der Waals surface area contributed by atoms with Gasteiger partial charge >= 0.3 is 0 Å². The molecule has 0 saturated heterocycles. The van der Waals surface area contributed by atoms with Crippen LogP contribution >= 0.6 is 15.9 Å². The predicted molar refractivity (Wildman–Crippen MR) is 113 cm³/mol. The van der Waals surface area contributed by atoms with Crippen LogP contribution in [0.25, 0.3) is 22.4 Å². The summed E-state index contributed by atoms with van der Waals surface area (Å²) in [5.74, 6) is 0. The van der Waals surface area contributed by atoms with Crippen molar-refractivity contribution in [1.82, 2.24) is 4.98 Å². The number of benzene rings is 2. The summed E-state index contributed by atoms with van der Waals surface area (Å²) in [4.78, 5) is 4.51. The fraction of sp³-hybridized carbons (Fsp3) is 0.0870. The third kappa shape index (κ3) is 3.63. The molecule has 0 fully saturated rings. The monoisotopic (exact) mass is 402 g/mol. The molecule has 0 bridgehead atoms. The highest BCUT2D eigenvalue weighted by atomic mass is 79.9. The lowest BCUT2D eigenvalue weighted by Gasteiger charge is -2.16. The topological polar surface area (TPSA) is 24.9 Å². The van der Waals surface area contributed by atoms with Crippen LogP contribution in [0, 0.1) is 0 Å². The predicted octanol–water partition coefficient (Wildman–Crippen LogP) is 6.61. The van der Waals surface area contributed by atoms with Crippen LogP contribution in [-0.2, 0) is 6.42 Å². The molecule has 0 saturated carbocycles. The molecule has 4 rings (SSSR count). The Morgan fingerprint density at radius 3 is 2.77 bits per heavy atom. The zero-order valence-corrected chi connectivity index (χ0v) is 15.9. The number of fused-ring (bicyclic) bond motifs is 3. The minimum absolute atomic E-state index is 0.994. The van der Waals surface area contributed by atoms with E-state index < -0.39 is 0 Å². The van der Waals surface area contributed by atoms with E-state index in [0.717, 1.165) is 34.3 Å². The third-order valence-corrected chi connectivity index (χ3v) is 5.00. The van der Waals surface area contributed by atoms with Crippen LogP contribution < -0.4 is 5.32 Å². The molecule has 3 aromatic rings. The number of aryl methyl sites for hydroxylation is 1. The van der Waals surface area contributed by atoms with Gasteiger partial charge in [0.05, 0.1) is 5.69 Å². The molecule has 0 radical (unpaired) electrons. The van der Waals surface area contributed by atoms with Gasteiger partial charge in [0.25, 0.3) is 0 Å². The maximum Gasteiger partial charge on any atom is 0.0702 e. The molecule has 1 N–H and O–H groups in total. The number of nitrogens with one attached hydrogen (secondary N) is 1. The summed E-state index contributed by atoms with van der Waals surface area (Å²) in [6, 6.07) is 19.1. The Hall–Kier alpha value is -2.65. The van der Waals surface area contributed by atoms with Gasteiger partial charge in [-0.2, -0.15) is 0 Å². The van der Waals surface area contributed by atoms with Gasteiger partial charge in [0.1, 0.15) is 0 Å². The van der Waals surface area contributed by atoms with Crippen molar-refractivity contribution >= 4 is 21.6 Å². The number of anilines is 1. The Kier molecular flexibility index (Phi) is 4.98. The first-order chi connectivity index (χ1) is 12.8. The summed E-state index contributed by atoms with van der Waals surface area (Å²) in [5.41, 5.74) is 7.01. The molecule has 1 aliphatic heterocycles. The van der Waals surface area contributed by atoms with E-state index in [1.807, 2.05) is 30.6 Å². The largest absolute Gasteiger partial charge is 0.361 e. The molecule has 1 aromatic heterocycles. The van der Waals surface area contributed by atoms with Crippen molar-refractivity contribution in [2.75, 3.05) is 5.32 Å². The lowest BCUT2D eigenvalue weighted by molar-refractivity contribution is 1.00. The number of pyridine rings is 1. The first kappa shape index (κ1) is 16.8. The van der Waals surface area contributed by atoms with E-state index in [0.29, 0.717) is 0 Å². The van der Waals surface area contributed by atoms with Gasteiger partial charge < -0.3 is 5.32 Å². The zero-order valence-electron chi connectivity index (χ0n) is 14.3. The summed E-state index contributed by atoms with van der Waals surface area (Å²) >= 11 is 3.63. The molecular weight excluding hydrogens is 384 g/mol. The van der Waals surface area contributed by atoms with Crippen molar-refractivity contribution in [1.29, 1.82) is 0 Å². The molecule has 128 valence electrons. The molecule has 1 aliphatic rings. The van der Waals surface area contributed by atoms with Gasteiger partial charge in [0, 0.05) is 33.7 Å². The third-order valence-electron chi connectivity index (χ3n) is 4.50. The van der Waals surface area contributed by atoms with Crippen molar-refractivity contribution in [3.63, 3.8) is 0 Å². The molecule has 0 aliphatic carbocycles. The second kappa shape index (κ2) is 7.71. The van der Waals surface area contributed by atoms with Gasteiger partial charge in [-0.15, -0.1) is 0 Å². The lowest BCUT2D eigenvalue weighted by atomic mass is 9.92. The molecule has 0 spiro atoms. The van der Waals surface area contributed by atoms with Crippen molar-refractivity contribution < 1.29 is 0 Å². The Balaban J connectivity index is 1.91. The summed E-state index contributed by atoms with van der Waals surface area (Å²) in [6.07, 6.45) is 12.2. The maximum absolute atomic E-state index is 4.51. The normalized spacial score (nSPS) is 15.7. The average molecular weight is 403 g/mol. The van der Waals surface area contributed by atoms with E-state index in [1.165, 1.54) is 16.7 Å². The van der Waals surface area contributed by atoms with Gasteiger partial charge in [0.15, 0.2) is 0 Å². The molecule has 2 aromatic carbocycles. The highest BCUT2D eigenvalue weighted by Gasteiger charge is 2.12. The average Bonchev–Trinajstić information content (AvgIpc) is 2.72. The summed E-state index contributed by atoms with van der Waals surface area (Å²) in [6.45, 7) is 0. The van der Waals surface area contributed by atoms with E-state index in [9.17, 15) is 0 Å². The molecule has 2 nitrogen and oxygen atoms in total. The van der Waals surface area contributed by atoms with Crippen LogP contribution in [0.5, 0.6) is 0 Å². The van der Waals surface area contributed by atoms with Crippen LogP contribution in [-0.4, -0.2) is 4.98 Å². The smallest absolute Gasteiger partial charge is 0.0702 e. The van der Waals surface area contributed by atoms with Gasteiger partial charge in [0.2, 0.25) is 0 Å². The van der Waals surface area contributed by atoms with E-state index in [2.05, 4.69) is 80.8 Å². The molecule has 26 heavy (non-hydrogen) atoms. The maximum atomic E-state index is 4.51. The number of hydrogen-bond acceptors (Lipinski definition) is 2. The highest BCUT2D eigenvalue weighted by molar-refractivity contribution is 9.10. The van der Waals surface area contributed by atoms with Crippen LogP contribution in [0.15, 0.2) is 89.7 Å². The fourth-order valence-corrected chi connectivity index (χ4v) is 3.57. The number of halogens is 1. The highest BCUT2D eigenvalue weighted by Crippen LogP contribution is 2.36. The molecular formula is C23H19BrN2. The van der Waals surface area contributed by atoms with Gasteiger partial charge in [-0.3, -0.25) is 4.98 Å². The van der Waals surface area contributed by atoms with E-state index in [1.54, 1.807) is 0 Å². The molecule has 3 heteroatoms. The van der Waals surface area contributed by atoms with Crippen LogP contribution in [0.4, 0.5) is 5.69 Å². The van der Waals surface area contributed by atoms with E-state index >= 15 is 0 Å². The second-order valence-electron chi connectivity index (χ2n) is 6.25. The van der Waals surface area contributed by atoms with Gasteiger partial charge in [-0.1, -0.05) is 46.3 Å². The second-order valence-corrected chi connectivity index (χ2v) is 7.16. The molecule has 0 amide bonds. The van der Waals surface area contributed by atoms with Crippen LogP contribution in [0.1, 0.15) is 12.0 Å². The quantitative estimate of drug-likeness (QED) is 0.495. The number of rotatable bonds is 1. The van der Waals surface area contributed by atoms with Gasteiger partial charge in [-0.25, -0.2) is 0 Å². The number of aromatic nitrogens is 1. The van der Waals surface area contributed by atoms with E-state index in [-0.39, 0.29) is 0 Å². The Morgan fingerprint density at radius 1 is 0.923 bits per heavy atom. The lowest BCUT2D eigenvalue weighted by Crippen LogP contribution is -1.96. The van der Waals surface area contributed by atoms with Crippen molar-refractivity contribution in [2.24, 2.45) is 0 Å². The Labute approximate surface area is 162 Å². The van der Waals surface area contributed by atoms with Crippen molar-refractivity contribution in [2.45, 2.75) is 12.8 Å². The van der Waals surface area contributed by atoms with Crippen molar-refractivity contribution in [3.8, 4) is 22.4 Å². The fourth-order valence-electron chi connectivity index (χ4n) is 3.21. The summed E-state index contributed by atoms with van der Waals surface area (Å²) in [5, 5.41) is 3.42. The number of nitrogens with zero attached hydrogens (tertiary/aromatic N) is 1. The van der Waals surface area contributed by atoms with Crippen LogP contribution in [0.2, 0.25) is 0 Å². The molecule has 0 atom stereocenters. The number of allylic oxidation sites excluding steroid dienone is 3. The molecule has 2 heterocycles. The van der Waals surface area contributed by atoms with Gasteiger partial charge in [-0.05, 0) is 66.4 Å². The first-order valence-electron chi connectivity index (χ1n) is 8.74. The minimum atomic E-state index is 0.994. The first-order valence-corrected chi connectivity index (χ1v) is 9.53. The SMILES string of the molecule is Brc1ccc2c(c1)-c1cc(-c3ccccn3)ccc1CC/C=C\C=C/N2. The van der Waals surface area contributed by atoms with Crippen molar-refractivity contribution in [3.05, 3.63) is 95.3 Å². The van der Waals surface area contributed by atoms with E-state index in [4.69, 9.17) is 0 Å². The Bertz CT molecular complexity index is 975. The van der Waals surface area contributed by atoms with Crippen LogP contribution in [0.3, 0.4) is 0 Å². The summed E-state index contributed by atoms with van der Waals surface area (Å²) in [7, 11) is 0.